The summed E-state index contributed by atoms with van der Waals surface area (Å²) in [5.41, 5.74) is -0.198. The van der Waals surface area contributed by atoms with E-state index in [1.807, 2.05) is 0 Å². The van der Waals surface area contributed by atoms with Gasteiger partial charge in [-0.15, -0.1) is 11.6 Å². The van der Waals surface area contributed by atoms with Crippen LogP contribution in [0.5, 0.6) is 0 Å². The zero-order valence-electron chi connectivity index (χ0n) is 9.55. The minimum absolute atomic E-state index is 0.0510. The molecule has 1 heterocycles. The molecule has 0 aliphatic heterocycles. The number of aromatic nitrogens is 1. The highest BCUT2D eigenvalue weighted by Gasteiger charge is 2.22. The Balaban J connectivity index is 3.15. The van der Waals surface area contributed by atoms with E-state index in [0.29, 0.717) is 0 Å². The van der Waals surface area contributed by atoms with E-state index in [0.717, 1.165) is 6.20 Å². The lowest BCUT2D eigenvalue weighted by molar-refractivity contribution is -0.142. The van der Waals surface area contributed by atoms with Crippen LogP contribution in [0.25, 0.3) is 0 Å². The molecule has 0 spiro atoms. The maximum atomic E-state index is 13.0. The first-order chi connectivity index (χ1) is 8.51. The molecular formula is C11H11Cl2F2NO2. The molecule has 0 aromatic carbocycles. The molecule has 100 valence electrons. The van der Waals surface area contributed by atoms with Crippen molar-refractivity contribution >= 4 is 29.2 Å². The minimum atomic E-state index is -2.77. The van der Waals surface area contributed by atoms with Gasteiger partial charge < -0.3 is 4.74 Å². The van der Waals surface area contributed by atoms with E-state index in [9.17, 15) is 13.6 Å². The molecule has 0 fully saturated rings. The first-order valence-corrected chi connectivity index (χ1v) is 6.08. The lowest BCUT2D eigenvalue weighted by Crippen LogP contribution is -2.11. The van der Waals surface area contributed by atoms with Gasteiger partial charge in [0, 0.05) is 17.3 Å². The minimum Gasteiger partial charge on any atom is -0.466 e. The quantitative estimate of drug-likeness (QED) is 0.474. The molecule has 0 bridgehead atoms. The number of hydrogen-bond donors (Lipinski definition) is 0. The fraction of sp³-hybridized carbons (Fsp3) is 0.455. The van der Waals surface area contributed by atoms with E-state index in [4.69, 9.17) is 27.9 Å². The summed E-state index contributed by atoms with van der Waals surface area (Å²) < 4.78 is 30.7. The van der Waals surface area contributed by atoms with Crippen LogP contribution in [0.3, 0.4) is 0 Å². The third-order valence-electron chi connectivity index (χ3n) is 2.25. The SMILES string of the molecule is CCOC(=O)Cc1cnc(Cl)c(CCl)c1C(F)F. The van der Waals surface area contributed by atoms with Crippen molar-refractivity contribution < 1.29 is 18.3 Å². The van der Waals surface area contributed by atoms with Crippen molar-refractivity contribution in [2.45, 2.75) is 25.7 Å². The van der Waals surface area contributed by atoms with Gasteiger partial charge in [-0.05, 0) is 12.5 Å². The number of rotatable bonds is 5. The Hall–Kier alpha value is -0.940. The molecule has 18 heavy (non-hydrogen) atoms. The number of pyridine rings is 1. The molecule has 0 radical (unpaired) electrons. The standard InChI is InChI=1S/C11H11Cl2F2NO2/c1-2-18-8(17)3-6-5-16-10(13)7(4-12)9(6)11(14)15/h5,11H,2-4H2,1H3. The molecule has 1 aromatic heterocycles. The van der Waals surface area contributed by atoms with E-state index in [2.05, 4.69) is 4.98 Å². The van der Waals surface area contributed by atoms with Gasteiger partial charge in [-0.3, -0.25) is 4.79 Å². The van der Waals surface area contributed by atoms with Crippen molar-refractivity contribution in [1.82, 2.24) is 4.98 Å². The fourth-order valence-electron chi connectivity index (χ4n) is 1.49. The van der Waals surface area contributed by atoms with Crippen molar-refractivity contribution in [3.8, 4) is 0 Å². The molecule has 0 unspecified atom stereocenters. The molecule has 3 nitrogen and oxygen atoms in total. The van der Waals surface area contributed by atoms with Crippen LogP contribution in [-0.4, -0.2) is 17.6 Å². The number of esters is 1. The maximum absolute atomic E-state index is 13.0. The number of nitrogens with zero attached hydrogens (tertiary/aromatic N) is 1. The zero-order valence-corrected chi connectivity index (χ0v) is 11.1. The molecule has 0 N–H and O–H groups in total. The molecule has 1 rings (SSSR count). The second-order valence-corrected chi connectivity index (χ2v) is 4.01. The average Bonchev–Trinajstić information content (AvgIpc) is 2.30. The Labute approximate surface area is 113 Å². The maximum Gasteiger partial charge on any atom is 0.310 e. The Morgan fingerprint density at radius 2 is 2.22 bits per heavy atom. The fourth-order valence-corrected chi connectivity index (χ4v) is 2.05. The topological polar surface area (TPSA) is 39.2 Å². The van der Waals surface area contributed by atoms with Crippen molar-refractivity contribution in [2.24, 2.45) is 0 Å². The van der Waals surface area contributed by atoms with Crippen molar-refractivity contribution in [2.75, 3.05) is 6.61 Å². The highest BCUT2D eigenvalue weighted by atomic mass is 35.5. The predicted molar refractivity (Wildman–Crippen MR) is 64.1 cm³/mol. The number of ether oxygens (including phenoxy) is 1. The number of carbonyl (C=O) groups is 1. The summed E-state index contributed by atoms with van der Waals surface area (Å²) in [6.07, 6.45) is -1.90. The highest BCUT2D eigenvalue weighted by molar-refractivity contribution is 6.31. The van der Waals surface area contributed by atoms with Gasteiger partial charge in [0.15, 0.2) is 0 Å². The number of alkyl halides is 3. The first-order valence-electron chi connectivity index (χ1n) is 5.17. The third kappa shape index (κ3) is 3.53. The summed E-state index contributed by atoms with van der Waals surface area (Å²) in [6, 6.07) is 0. The van der Waals surface area contributed by atoms with Gasteiger partial charge in [-0.2, -0.15) is 0 Å². The van der Waals surface area contributed by atoms with Crippen molar-refractivity contribution in [3.63, 3.8) is 0 Å². The lowest BCUT2D eigenvalue weighted by atomic mass is 10.0. The van der Waals surface area contributed by atoms with Crippen molar-refractivity contribution in [1.29, 1.82) is 0 Å². The summed E-state index contributed by atoms with van der Waals surface area (Å²) in [5.74, 6) is -0.786. The second kappa shape index (κ2) is 6.85. The van der Waals surface area contributed by atoms with Crippen LogP contribution in [0.2, 0.25) is 5.15 Å². The van der Waals surface area contributed by atoms with E-state index in [1.54, 1.807) is 6.92 Å². The van der Waals surface area contributed by atoms with E-state index in [1.165, 1.54) is 0 Å². The molecular weight excluding hydrogens is 287 g/mol. The van der Waals surface area contributed by atoms with Crippen LogP contribution in [0.1, 0.15) is 30.0 Å². The second-order valence-electron chi connectivity index (χ2n) is 3.38. The Bertz CT molecular complexity index is 441. The molecule has 0 amide bonds. The third-order valence-corrected chi connectivity index (χ3v) is 2.84. The summed E-state index contributed by atoms with van der Waals surface area (Å²) >= 11 is 11.3. The highest BCUT2D eigenvalue weighted by Crippen LogP contribution is 2.31. The number of hydrogen-bond acceptors (Lipinski definition) is 3. The Morgan fingerprint density at radius 3 is 2.72 bits per heavy atom. The Morgan fingerprint density at radius 1 is 1.56 bits per heavy atom. The van der Waals surface area contributed by atoms with Crippen LogP contribution in [0.15, 0.2) is 6.20 Å². The van der Waals surface area contributed by atoms with Gasteiger partial charge in [-0.25, -0.2) is 13.8 Å². The zero-order chi connectivity index (χ0) is 13.7. The van der Waals surface area contributed by atoms with Gasteiger partial charge in [0.05, 0.1) is 18.9 Å². The van der Waals surface area contributed by atoms with Crippen LogP contribution in [0.4, 0.5) is 8.78 Å². The molecule has 1 aromatic rings. The Kier molecular flexibility index (Phi) is 5.75. The molecule has 0 atom stereocenters. The molecule has 7 heteroatoms. The molecule has 0 saturated heterocycles. The average molecular weight is 298 g/mol. The van der Waals surface area contributed by atoms with Gasteiger partial charge in [0.2, 0.25) is 0 Å². The van der Waals surface area contributed by atoms with E-state index in [-0.39, 0.29) is 40.8 Å². The lowest BCUT2D eigenvalue weighted by Gasteiger charge is -2.13. The summed E-state index contributed by atoms with van der Waals surface area (Å²) in [7, 11) is 0. The summed E-state index contributed by atoms with van der Waals surface area (Å²) in [6.45, 7) is 1.82. The van der Waals surface area contributed by atoms with Gasteiger partial charge >= 0.3 is 5.97 Å². The normalized spacial score (nSPS) is 10.8. The number of halogens is 4. The van der Waals surface area contributed by atoms with Gasteiger partial charge in [0.1, 0.15) is 5.15 Å². The van der Waals surface area contributed by atoms with Crippen LogP contribution < -0.4 is 0 Å². The monoisotopic (exact) mass is 297 g/mol. The largest absolute Gasteiger partial charge is 0.466 e. The predicted octanol–water partition coefficient (Wildman–Crippen LogP) is 3.52. The van der Waals surface area contributed by atoms with Crippen molar-refractivity contribution in [3.05, 3.63) is 28.0 Å². The van der Waals surface area contributed by atoms with Crippen LogP contribution in [-0.2, 0) is 21.8 Å². The van der Waals surface area contributed by atoms with Crippen LogP contribution >= 0.6 is 23.2 Å². The first kappa shape index (κ1) is 15.1. The van der Waals surface area contributed by atoms with E-state index >= 15 is 0 Å². The molecule has 0 saturated carbocycles. The number of carbonyl (C=O) groups excluding carboxylic acids is 1. The summed E-state index contributed by atoms with van der Waals surface area (Å²) in [4.78, 5) is 15.1. The summed E-state index contributed by atoms with van der Waals surface area (Å²) in [5, 5.41) is -0.0760. The molecule has 0 aliphatic rings. The van der Waals surface area contributed by atoms with Gasteiger partial charge in [0.25, 0.3) is 6.43 Å². The smallest absolute Gasteiger partial charge is 0.310 e. The van der Waals surface area contributed by atoms with E-state index < -0.39 is 12.4 Å². The van der Waals surface area contributed by atoms with Crippen LogP contribution in [0, 0.1) is 0 Å². The molecule has 0 aliphatic carbocycles. The van der Waals surface area contributed by atoms with Gasteiger partial charge in [-0.1, -0.05) is 11.6 Å².